The van der Waals surface area contributed by atoms with Gasteiger partial charge in [-0.05, 0) is 48.6 Å². The van der Waals surface area contributed by atoms with E-state index in [-0.39, 0.29) is 17.5 Å². The van der Waals surface area contributed by atoms with E-state index < -0.39 is 11.6 Å². The van der Waals surface area contributed by atoms with Crippen molar-refractivity contribution in [3.05, 3.63) is 65.2 Å². The van der Waals surface area contributed by atoms with Gasteiger partial charge in [-0.15, -0.1) is 0 Å². The molecule has 4 nitrogen and oxygen atoms in total. The summed E-state index contributed by atoms with van der Waals surface area (Å²) in [5.74, 6) is -0.487. The molecule has 0 radical (unpaired) electrons. The summed E-state index contributed by atoms with van der Waals surface area (Å²) in [5.41, 5.74) is 2.70. The Bertz CT molecular complexity index is 943. The molecule has 1 fully saturated rings. The van der Waals surface area contributed by atoms with Gasteiger partial charge in [0.1, 0.15) is 11.6 Å². The number of rotatable bonds is 5. The highest BCUT2D eigenvalue weighted by atomic mass is 19.1. The number of hydrogen-bond donors (Lipinski definition) is 0. The summed E-state index contributed by atoms with van der Waals surface area (Å²) >= 11 is 0. The molecule has 2 heterocycles. The molecule has 1 saturated heterocycles. The molecule has 2 aliphatic heterocycles. The average Bonchev–Trinajstić information content (AvgIpc) is 3.23. The molecule has 1 amide bonds. The van der Waals surface area contributed by atoms with Gasteiger partial charge in [-0.2, -0.15) is 0 Å². The average molecular weight is 426 g/mol. The molecule has 0 spiro atoms. The molecule has 6 heteroatoms. The van der Waals surface area contributed by atoms with Crippen LogP contribution in [-0.2, 0) is 4.79 Å². The Morgan fingerprint density at radius 3 is 2.29 bits per heavy atom. The van der Waals surface area contributed by atoms with Gasteiger partial charge in [-0.3, -0.25) is 9.79 Å². The third-order valence-corrected chi connectivity index (χ3v) is 6.08. The van der Waals surface area contributed by atoms with Gasteiger partial charge in [0.05, 0.1) is 11.6 Å². The van der Waals surface area contributed by atoms with Crippen LogP contribution in [0.4, 0.5) is 14.5 Å². The second-order valence-corrected chi connectivity index (χ2v) is 8.78. The molecule has 31 heavy (non-hydrogen) atoms. The summed E-state index contributed by atoms with van der Waals surface area (Å²) in [6.07, 6.45) is 1.92. The van der Waals surface area contributed by atoms with Crippen LogP contribution in [-0.4, -0.2) is 42.7 Å². The van der Waals surface area contributed by atoms with Crippen LogP contribution in [0.15, 0.2) is 47.5 Å². The predicted molar refractivity (Wildman–Crippen MR) is 120 cm³/mol. The van der Waals surface area contributed by atoms with E-state index in [1.807, 2.05) is 4.90 Å². The Balaban J connectivity index is 1.39. The molecule has 1 atom stereocenters. The third-order valence-electron chi connectivity index (χ3n) is 6.08. The van der Waals surface area contributed by atoms with Crippen LogP contribution in [0, 0.1) is 17.6 Å². The predicted octanol–water partition coefficient (Wildman–Crippen LogP) is 4.98. The molecule has 4 rings (SSSR count). The van der Waals surface area contributed by atoms with E-state index in [1.165, 1.54) is 18.2 Å². The Morgan fingerprint density at radius 2 is 1.68 bits per heavy atom. The minimum absolute atomic E-state index is 0.00602. The van der Waals surface area contributed by atoms with Gasteiger partial charge in [0.25, 0.3) is 0 Å². The van der Waals surface area contributed by atoms with E-state index in [1.54, 1.807) is 0 Å². The number of halogens is 2. The summed E-state index contributed by atoms with van der Waals surface area (Å²) in [7, 11) is 0. The Kier molecular flexibility index (Phi) is 6.35. The highest BCUT2D eigenvalue weighted by Crippen LogP contribution is 2.33. The maximum Gasteiger partial charge on any atom is 0.222 e. The lowest BCUT2D eigenvalue weighted by molar-refractivity contribution is -0.132. The minimum atomic E-state index is -0.555. The zero-order chi connectivity index (χ0) is 22.0. The molecular formula is C25H29F2N3O. The van der Waals surface area contributed by atoms with Crippen molar-refractivity contribution in [2.45, 2.75) is 39.2 Å². The van der Waals surface area contributed by atoms with Crippen LogP contribution >= 0.6 is 0 Å². The van der Waals surface area contributed by atoms with Crippen molar-refractivity contribution in [2.24, 2.45) is 10.9 Å². The van der Waals surface area contributed by atoms with Crippen LogP contribution in [0.1, 0.15) is 50.3 Å². The van der Waals surface area contributed by atoms with E-state index in [2.05, 4.69) is 48.0 Å². The second kappa shape index (κ2) is 9.16. The first kappa shape index (κ1) is 21.5. The highest BCUT2D eigenvalue weighted by Gasteiger charge is 2.25. The maximum absolute atomic E-state index is 14.1. The first-order valence-electron chi connectivity index (χ1n) is 11.1. The second-order valence-electron chi connectivity index (χ2n) is 8.78. The van der Waals surface area contributed by atoms with E-state index in [0.29, 0.717) is 24.5 Å². The molecule has 0 aliphatic carbocycles. The largest absolute Gasteiger partial charge is 0.368 e. The lowest BCUT2D eigenvalue weighted by Crippen LogP contribution is -2.49. The third kappa shape index (κ3) is 4.78. The normalized spacial score (nSPS) is 19.1. The zero-order valence-electron chi connectivity index (χ0n) is 18.2. The summed E-state index contributed by atoms with van der Waals surface area (Å²) in [4.78, 5) is 21.1. The van der Waals surface area contributed by atoms with E-state index in [4.69, 9.17) is 0 Å². The number of anilines is 1. The Labute approximate surface area is 182 Å². The standard InChI is InChI=1S/C25H29F2N3O/c1-17(2)16-24(31)30-14-12-29(13-15-30)19-8-6-18(7-9-19)22-10-11-23(28-22)25-20(26)4-3-5-21(25)27/h3-9,17,22H,10-16H2,1-2H3. The molecule has 0 N–H and O–H groups in total. The van der Waals surface area contributed by atoms with Crippen LogP contribution in [0.5, 0.6) is 0 Å². The summed E-state index contributed by atoms with van der Waals surface area (Å²) in [6.45, 7) is 7.28. The van der Waals surface area contributed by atoms with Crippen molar-refractivity contribution in [2.75, 3.05) is 31.1 Å². The van der Waals surface area contributed by atoms with E-state index >= 15 is 0 Å². The first-order valence-corrected chi connectivity index (χ1v) is 11.1. The van der Waals surface area contributed by atoms with Crippen molar-refractivity contribution in [1.29, 1.82) is 0 Å². The van der Waals surface area contributed by atoms with Crippen molar-refractivity contribution in [3.8, 4) is 0 Å². The van der Waals surface area contributed by atoms with Gasteiger partial charge >= 0.3 is 0 Å². The SMILES string of the molecule is CC(C)CC(=O)N1CCN(c2ccc(C3CCC(c4c(F)cccc4F)=N3)cc2)CC1. The van der Waals surface area contributed by atoms with Gasteiger partial charge in [0, 0.05) is 44.0 Å². The monoisotopic (exact) mass is 425 g/mol. The lowest BCUT2D eigenvalue weighted by atomic mass is 10.0. The molecule has 0 saturated carbocycles. The fourth-order valence-corrected chi connectivity index (χ4v) is 4.39. The van der Waals surface area contributed by atoms with Crippen molar-refractivity contribution in [1.82, 2.24) is 4.90 Å². The van der Waals surface area contributed by atoms with Crippen LogP contribution in [0.25, 0.3) is 0 Å². The molecule has 1 unspecified atom stereocenters. The van der Waals surface area contributed by atoms with E-state index in [9.17, 15) is 13.6 Å². The van der Waals surface area contributed by atoms with E-state index in [0.717, 1.165) is 43.9 Å². The Morgan fingerprint density at radius 1 is 1.03 bits per heavy atom. The molecule has 2 aromatic rings. The number of nitrogens with zero attached hydrogens (tertiary/aromatic N) is 3. The van der Waals surface area contributed by atoms with Crippen LogP contribution in [0.3, 0.4) is 0 Å². The maximum atomic E-state index is 14.1. The summed E-state index contributed by atoms with van der Waals surface area (Å²) < 4.78 is 28.2. The lowest BCUT2D eigenvalue weighted by Gasteiger charge is -2.36. The minimum Gasteiger partial charge on any atom is -0.368 e. The topological polar surface area (TPSA) is 35.9 Å². The quantitative estimate of drug-likeness (QED) is 0.677. The fraction of sp³-hybridized carbons (Fsp3) is 0.440. The number of piperazine rings is 1. The smallest absolute Gasteiger partial charge is 0.222 e. The number of carbonyl (C=O) groups excluding carboxylic acids is 1. The molecule has 2 aliphatic rings. The van der Waals surface area contributed by atoms with Crippen molar-refractivity contribution in [3.63, 3.8) is 0 Å². The summed E-state index contributed by atoms with van der Waals surface area (Å²) in [6, 6.07) is 12.1. The number of benzene rings is 2. The highest BCUT2D eigenvalue weighted by molar-refractivity contribution is 6.02. The molecule has 2 aromatic carbocycles. The number of aliphatic imine (C=N–C) groups is 1. The van der Waals surface area contributed by atoms with Gasteiger partial charge in [-0.1, -0.05) is 32.0 Å². The molecule has 164 valence electrons. The summed E-state index contributed by atoms with van der Waals surface area (Å²) in [5, 5.41) is 0. The van der Waals surface area contributed by atoms with Gasteiger partial charge in [-0.25, -0.2) is 8.78 Å². The van der Waals surface area contributed by atoms with Gasteiger partial charge in [0.15, 0.2) is 0 Å². The van der Waals surface area contributed by atoms with Crippen LogP contribution < -0.4 is 4.90 Å². The molecule has 0 bridgehead atoms. The van der Waals surface area contributed by atoms with Crippen molar-refractivity contribution < 1.29 is 13.6 Å². The van der Waals surface area contributed by atoms with Gasteiger partial charge in [0.2, 0.25) is 5.91 Å². The number of hydrogen-bond acceptors (Lipinski definition) is 3. The van der Waals surface area contributed by atoms with Gasteiger partial charge < -0.3 is 9.80 Å². The number of amides is 1. The first-order chi connectivity index (χ1) is 14.9. The number of carbonyl (C=O) groups is 1. The fourth-order valence-electron chi connectivity index (χ4n) is 4.39. The van der Waals surface area contributed by atoms with Crippen molar-refractivity contribution >= 4 is 17.3 Å². The zero-order valence-corrected chi connectivity index (χ0v) is 18.2. The molecule has 0 aromatic heterocycles. The Hall–Kier alpha value is -2.76. The van der Waals surface area contributed by atoms with Crippen LogP contribution in [0.2, 0.25) is 0 Å². The molecular weight excluding hydrogens is 396 g/mol.